The van der Waals surface area contributed by atoms with Gasteiger partial charge in [0.25, 0.3) is 5.91 Å². The van der Waals surface area contributed by atoms with Crippen molar-refractivity contribution in [2.45, 2.75) is 39.3 Å². The van der Waals surface area contributed by atoms with Gasteiger partial charge in [0.05, 0.1) is 24.4 Å². The minimum absolute atomic E-state index is 0.115. The second-order valence-corrected chi connectivity index (χ2v) is 8.36. The molecule has 33 heavy (non-hydrogen) atoms. The Bertz CT molecular complexity index is 1050. The molecule has 1 atom stereocenters. The van der Waals surface area contributed by atoms with E-state index in [1.807, 2.05) is 38.1 Å². The maximum absolute atomic E-state index is 13.0. The van der Waals surface area contributed by atoms with Crippen molar-refractivity contribution in [3.05, 3.63) is 76.7 Å². The maximum atomic E-state index is 13.0. The number of carbonyl (C=O) groups is 1. The van der Waals surface area contributed by atoms with Crippen LogP contribution in [0.2, 0.25) is 0 Å². The summed E-state index contributed by atoms with van der Waals surface area (Å²) in [5.41, 5.74) is 3.49. The Labute approximate surface area is 194 Å². The zero-order valence-corrected chi connectivity index (χ0v) is 19.5. The minimum atomic E-state index is -0.115. The van der Waals surface area contributed by atoms with Gasteiger partial charge in [-0.25, -0.2) is 0 Å². The molecule has 7 nitrogen and oxygen atoms in total. The normalized spacial score (nSPS) is 14.8. The van der Waals surface area contributed by atoms with Crippen LogP contribution in [-0.4, -0.2) is 42.7 Å². The number of nitrogens with zero attached hydrogens (tertiary/aromatic N) is 2. The van der Waals surface area contributed by atoms with Crippen molar-refractivity contribution in [2.75, 3.05) is 26.7 Å². The summed E-state index contributed by atoms with van der Waals surface area (Å²) in [5.74, 6) is 2.09. The molecule has 1 amide bonds. The van der Waals surface area contributed by atoms with Crippen LogP contribution < -0.4 is 14.8 Å². The molecule has 3 aromatic rings. The number of hydrogen-bond donors (Lipinski definition) is 1. The molecule has 1 aliphatic heterocycles. The standard InChI is InChI=1S/C26H31N3O4/c1-18-24(19(2)33-28-18)17-32-23-8-6-7-21(15-23)26(30)27-16-25(29-13-4-5-14-29)20-9-11-22(31-3)12-10-20/h6-12,15,25H,4-5,13-14,16-17H2,1-3H3,(H,27,30)/t25-/m0/s1. The van der Waals surface area contributed by atoms with Gasteiger partial charge in [-0.1, -0.05) is 23.4 Å². The van der Waals surface area contributed by atoms with E-state index in [1.165, 1.54) is 18.4 Å². The summed E-state index contributed by atoms with van der Waals surface area (Å²) >= 11 is 0. The van der Waals surface area contributed by atoms with E-state index in [1.54, 1.807) is 19.2 Å². The van der Waals surface area contributed by atoms with Crippen molar-refractivity contribution in [1.29, 1.82) is 0 Å². The number of rotatable bonds is 9. The SMILES string of the molecule is COc1ccc([C@H](CNC(=O)c2cccc(OCc3c(C)noc3C)c2)N2CCCC2)cc1. The predicted octanol–water partition coefficient (Wildman–Crippen LogP) is 4.45. The van der Waals surface area contributed by atoms with Gasteiger partial charge in [-0.3, -0.25) is 9.69 Å². The first-order valence-electron chi connectivity index (χ1n) is 11.4. The molecule has 0 radical (unpaired) electrons. The van der Waals surface area contributed by atoms with Crippen molar-refractivity contribution in [3.63, 3.8) is 0 Å². The average Bonchev–Trinajstić information content (AvgIpc) is 3.48. The number of carbonyl (C=O) groups excluding carboxylic acids is 1. The Kier molecular flexibility index (Phi) is 7.29. The highest BCUT2D eigenvalue weighted by Gasteiger charge is 2.24. The number of methoxy groups -OCH3 is 1. The molecule has 0 bridgehead atoms. The van der Waals surface area contributed by atoms with Crippen molar-refractivity contribution in [3.8, 4) is 11.5 Å². The topological polar surface area (TPSA) is 76.8 Å². The van der Waals surface area contributed by atoms with Crippen LogP contribution in [0.25, 0.3) is 0 Å². The lowest BCUT2D eigenvalue weighted by Crippen LogP contribution is -2.36. The Balaban J connectivity index is 1.41. The molecule has 2 heterocycles. The van der Waals surface area contributed by atoms with Crippen LogP contribution in [0.1, 0.15) is 51.8 Å². The lowest BCUT2D eigenvalue weighted by atomic mass is 10.0. The Morgan fingerprint density at radius 3 is 2.55 bits per heavy atom. The lowest BCUT2D eigenvalue weighted by Gasteiger charge is -2.28. The molecule has 1 saturated heterocycles. The summed E-state index contributed by atoms with van der Waals surface area (Å²) in [6.07, 6.45) is 2.37. The minimum Gasteiger partial charge on any atom is -0.497 e. The van der Waals surface area contributed by atoms with Gasteiger partial charge in [-0.05, 0) is 75.7 Å². The van der Waals surface area contributed by atoms with E-state index in [0.717, 1.165) is 35.9 Å². The second-order valence-electron chi connectivity index (χ2n) is 8.36. The van der Waals surface area contributed by atoms with Crippen LogP contribution in [0.15, 0.2) is 53.1 Å². The molecule has 0 spiro atoms. The van der Waals surface area contributed by atoms with Gasteiger partial charge in [-0.15, -0.1) is 0 Å². The van der Waals surface area contributed by atoms with E-state index in [-0.39, 0.29) is 11.9 Å². The van der Waals surface area contributed by atoms with Gasteiger partial charge < -0.3 is 19.3 Å². The van der Waals surface area contributed by atoms with E-state index in [4.69, 9.17) is 14.0 Å². The fourth-order valence-corrected chi connectivity index (χ4v) is 4.22. The Morgan fingerprint density at radius 1 is 1.12 bits per heavy atom. The van der Waals surface area contributed by atoms with Crippen molar-refractivity contribution in [1.82, 2.24) is 15.4 Å². The van der Waals surface area contributed by atoms with Crippen LogP contribution in [-0.2, 0) is 6.61 Å². The zero-order valence-electron chi connectivity index (χ0n) is 19.5. The third kappa shape index (κ3) is 5.54. The molecule has 7 heteroatoms. The molecule has 174 valence electrons. The van der Waals surface area contributed by atoms with E-state index < -0.39 is 0 Å². The molecule has 1 N–H and O–H groups in total. The Hall–Kier alpha value is -3.32. The molecule has 2 aromatic carbocycles. The van der Waals surface area contributed by atoms with Crippen LogP contribution in [0.5, 0.6) is 11.5 Å². The van der Waals surface area contributed by atoms with Gasteiger partial charge in [0.2, 0.25) is 0 Å². The van der Waals surface area contributed by atoms with Gasteiger partial charge in [0.15, 0.2) is 0 Å². The van der Waals surface area contributed by atoms with Crippen molar-refractivity contribution in [2.24, 2.45) is 0 Å². The van der Waals surface area contributed by atoms with Crippen LogP contribution in [0, 0.1) is 13.8 Å². The zero-order chi connectivity index (χ0) is 23.2. The fraction of sp³-hybridized carbons (Fsp3) is 0.385. The van der Waals surface area contributed by atoms with Crippen molar-refractivity contribution < 1.29 is 18.8 Å². The number of hydrogen-bond acceptors (Lipinski definition) is 6. The number of nitrogens with one attached hydrogen (secondary N) is 1. The van der Waals surface area contributed by atoms with Crippen LogP contribution >= 0.6 is 0 Å². The van der Waals surface area contributed by atoms with Gasteiger partial charge >= 0.3 is 0 Å². The van der Waals surface area contributed by atoms with E-state index in [2.05, 4.69) is 27.5 Å². The first-order chi connectivity index (χ1) is 16.0. The first-order valence-corrected chi connectivity index (χ1v) is 11.4. The molecular weight excluding hydrogens is 418 g/mol. The number of benzene rings is 2. The molecule has 4 rings (SSSR count). The summed E-state index contributed by atoms with van der Waals surface area (Å²) in [6, 6.07) is 15.5. The number of amides is 1. The lowest BCUT2D eigenvalue weighted by molar-refractivity contribution is 0.0937. The van der Waals surface area contributed by atoms with Gasteiger partial charge in [-0.2, -0.15) is 0 Å². The summed E-state index contributed by atoms with van der Waals surface area (Å²) in [4.78, 5) is 15.4. The predicted molar refractivity (Wildman–Crippen MR) is 126 cm³/mol. The van der Waals surface area contributed by atoms with E-state index >= 15 is 0 Å². The Morgan fingerprint density at radius 2 is 1.88 bits per heavy atom. The summed E-state index contributed by atoms with van der Waals surface area (Å²) in [5, 5.41) is 7.08. The van der Waals surface area contributed by atoms with Crippen LogP contribution in [0.3, 0.4) is 0 Å². The summed E-state index contributed by atoms with van der Waals surface area (Å²) < 4.78 is 16.4. The van der Waals surface area contributed by atoms with Crippen LogP contribution in [0.4, 0.5) is 0 Å². The highest BCUT2D eigenvalue weighted by atomic mass is 16.5. The molecule has 1 aliphatic rings. The third-order valence-corrected chi connectivity index (χ3v) is 6.20. The number of aromatic nitrogens is 1. The molecule has 0 aliphatic carbocycles. The second kappa shape index (κ2) is 10.5. The van der Waals surface area contributed by atoms with Crippen molar-refractivity contribution >= 4 is 5.91 Å². The largest absolute Gasteiger partial charge is 0.497 e. The quantitative estimate of drug-likeness (QED) is 0.520. The highest BCUT2D eigenvalue weighted by Crippen LogP contribution is 2.26. The van der Waals surface area contributed by atoms with Gasteiger partial charge in [0, 0.05) is 12.1 Å². The van der Waals surface area contributed by atoms with Gasteiger partial charge in [0.1, 0.15) is 23.9 Å². The maximum Gasteiger partial charge on any atom is 0.251 e. The van der Waals surface area contributed by atoms with E-state index in [0.29, 0.717) is 24.5 Å². The molecule has 0 saturated carbocycles. The fourth-order valence-electron chi connectivity index (χ4n) is 4.22. The monoisotopic (exact) mass is 449 g/mol. The molecular formula is C26H31N3O4. The average molecular weight is 450 g/mol. The number of aryl methyl sites for hydroxylation is 2. The summed E-state index contributed by atoms with van der Waals surface area (Å²) in [6.45, 7) is 6.71. The molecule has 1 aromatic heterocycles. The smallest absolute Gasteiger partial charge is 0.251 e. The highest BCUT2D eigenvalue weighted by molar-refractivity contribution is 5.94. The number of ether oxygens (including phenoxy) is 2. The first kappa shape index (κ1) is 22.9. The third-order valence-electron chi connectivity index (χ3n) is 6.20. The van der Waals surface area contributed by atoms with E-state index in [9.17, 15) is 4.79 Å². The molecule has 0 unspecified atom stereocenters. The molecule has 1 fully saturated rings. The summed E-state index contributed by atoms with van der Waals surface area (Å²) in [7, 11) is 1.67. The number of likely N-dealkylation sites (tertiary alicyclic amines) is 1.